The summed E-state index contributed by atoms with van der Waals surface area (Å²) in [5, 5.41) is 0. The molecule has 4 nitrogen and oxygen atoms in total. The van der Waals surface area contributed by atoms with E-state index in [1.165, 1.54) is 0 Å². The Morgan fingerprint density at radius 1 is 1.21 bits per heavy atom. The molecule has 0 saturated heterocycles. The molecule has 0 fully saturated rings. The summed E-state index contributed by atoms with van der Waals surface area (Å²) in [4.78, 5) is 0. The lowest BCUT2D eigenvalue weighted by Crippen LogP contribution is -2.42. The van der Waals surface area contributed by atoms with Crippen molar-refractivity contribution in [2.24, 2.45) is 0 Å². The standard InChI is InChI=1S/C16H21F3O4S/c1-9-10(2)14-12(11(3)13(9)21-5)6-7-15(4,23-14)8-22-24(20)16(17,18)19/h6-8H2,1-5H3. The zero-order valence-corrected chi connectivity index (χ0v) is 15.1. The maximum absolute atomic E-state index is 12.3. The van der Waals surface area contributed by atoms with Crippen molar-refractivity contribution in [1.82, 2.24) is 0 Å². The highest BCUT2D eigenvalue weighted by molar-refractivity contribution is 7.81. The van der Waals surface area contributed by atoms with Gasteiger partial charge in [-0.15, -0.1) is 0 Å². The topological polar surface area (TPSA) is 44.8 Å². The molecule has 0 spiro atoms. The molecule has 136 valence electrons. The van der Waals surface area contributed by atoms with Crippen LogP contribution in [0.3, 0.4) is 0 Å². The van der Waals surface area contributed by atoms with Crippen LogP contribution in [0.25, 0.3) is 0 Å². The van der Waals surface area contributed by atoms with Gasteiger partial charge in [0.05, 0.1) is 7.11 Å². The Hall–Kier alpha value is -1.28. The smallest absolute Gasteiger partial charge is 0.496 e. The van der Waals surface area contributed by atoms with Gasteiger partial charge < -0.3 is 9.47 Å². The summed E-state index contributed by atoms with van der Waals surface area (Å²) in [6, 6.07) is 0. The number of fused-ring (bicyclic) bond motifs is 1. The van der Waals surface area contributed by atoms with Crippen molar-refractivity contribution in [3.8, 4) is 11.5 Å². The monoisotopic (exact) mass is 366 g/mol. The number of methoxy groups -OCH3 is 1. The second kappa shape index (κ2) is 6.55. The number of alkyl halides is 3. The summed E-state index contributed by atoms with van der Waals surface area (Å²) in [5.41, 5.74) is -2.08. The summed E-state index contributed by atoms with van der Waals surface area (Å²) in [6.07, 6.45) is 1.08. The normalized spacial score (nSPS) is 21.8. The summed E-state index contributed by atoms with van der Waals surface area (Å²) >= 11 is -3.34. The number of hydrogen-bond acceptors (Lipinski definition) is 4. The van der Waals surface area contributed by atoms with Crippen LogP contribution in [0.4, 0.5) is 13.2 Å². The first-order valence-electron chi connectivity index (χ1n) is 7.47. The molecule has 1 aliphatic rings. The second-order valence-electron chi connectivity index (χ2n) is 6.21. The average Bonchev–Trinajstić information content (AvgIpc) is 2.50. The molecule has 1 aromatic rings. The van der Waals surface area contributed by atoms with Gasteiger partial charge in [-0.05, 0) is 57.2 Å². The number of ether oxygens (including phenoxy) is 2. The van der Waals surface area contributed by atoms with E-state index in [9.17, 15) is 17.4 Å². The van der Waals surface area contributed by atoms with E-state index in [0.29, 0.717) is 18.6 Å². The fourth-order valence-corrected chi connectivity index (χ4v) is 3.42. The molecule has 1 aliphatic heterocycles. The number of halogens is 3. The molecule has 0 saturated carbocycles. The first-order chi connectivity index (χ1) is 11.0. The van der Waals surface area contributed by atoms with Crippen molar-refractivity contribution in [2.75, 3.05) is 13.7 Å². The van der Waals surface area contributed by atoms with Gasteiger partial charge in [0.15, 0.2) is 0 Å². The van der Waals surface area contributed by atoms with Crippen molar-refractivity contribution in [3.05, 3.63) is 22.3 Å². The third kappa shape index (κ3) is 3.54. The minimum absolute atomic E-state index is 0.401. The minimum Gasteiger partial charge on any atom is -0.496 e. The summed E-state index contributed by atoms with van der Waals surface area (Å²) < 4.78 is 64.0. The minimum atomic E-state index is -4.89. The van der Waals surface area contributed by atoms with E-state index in [1.807, 2.05) is 20.8 Å². The zero-order chi connectivity index (χ0) is 18.3. The average molecular weight is 366 g/mol. The lowest BCUT2D eigenvalue weighted by Gasteiger charge is -2.37. The number of rotatable bonds is 4. The van der Waals surface area contributed by atoms with Gasteiger partial charge in [0.25, 0.3) is 11.1 Å². The Morgan fingerprint density at radius 3 is 2.38 bits per heavy atom. The van der Waals surface area contributed by atoms with E-state index < -0.39 is 28.8 Å². The van der Waals surface area contributed by atoms with Crippen LogP contribution in [-0.2, 0) is 21.7 Å². The Balaban J connectivity index is 2.27. The van der Waals surface area contributed by atoms with Gasteiger partial charge in [0.2, 0.25) is 0 Å². The fourth-order valence-electron chi connectivity index (χ4n) is 2.93. The van der Waals surface area contributed by atoms with E-state index in [4.69, 9.17) is 9.47 Å². The van der Waals surface area contributed by atoms with Gasteiger partial charge in [0.1, 0.15) is 23.7 Å². The Morgan fingerprint density at radius 2 is 1.83 bits per heavy atom. The molecule has 0 bridgehead atoms. The van der Waals surface area contributed by atoms with Gasteiger partial charge in [0, 0.05) is 5.56 Å². The van der Waals surface area contributed by atoms with Gasteiger partial charge in [-0.1, -0.05) is 0 Å². The highest BCUT2D eigenvalue weighted by Crippen LogP contribution is 2.43. The maximum Gasteiger partial charge on any atom is 0.497 e. The molecule has 1 aromatic carbocycles. The molecule has 0 aliphatic carbocycles. The van der Waals surface area contributed by atoms with Gasteiger partial charge in [-0.3, -0.25) is 4.18 Å². The summed E-state index contributed by atoms with van der Waals surface area (Å²) in [6.45, 7) is 6.99. The van der Waals surface area contributed by atoms with Crippen LogP contribution in [0, 0.1) is 20.8 Å². The molecular formula is C16H21F3O4S. The Kier molecular flexibility index (Phi) is 5.20. The van der Waals surface area contributed by atoms with Crippen LogP contribution >= 0.6 is 0 Å². The van der Waals surface area contributed by atoms with Gasteiger partial charge >= 0.3 is 5.51 Å². The molecule has 0 radical (unpaired) electrons. The maximum atomic E-state index is 12.3. The highest BCUT2D eigenvalue weighted by Gasteiger charge is 2.42. The quantitative estimate of drug-likeness (QED) is 0.811. The van der Waals surface area contributed by atoms with Crippen molar-refractivity contribution in [3.63, 3.8) is 0 Å². The SMILES string of the molecule is COc1c(C)c(C)c2c(c1C)CCC(C)(COS(=O)C(F)(F)F)O2. The van der Waals surface area contributed by atoms with Crippen LogP contribution in [0.2, 0.25) is 0 Å². The Bertz CT molecular complexity index is 673. The fraction of sp³-hybridized carbons (Fsp3) is 0.625. The van der Waals surface area contributed by atoms with Crippen LogP contribution in [0.1, 0.15) is 35.6 Å². The molecule has 24 heavy (non-hydrogen) atoms. The van der Waals surface area contributed by atoms with Crippen molar-refractivity contribution in [2.45, 2.75) is 51.6 Å². The molecule has 2 atom stereocenters. The summed E-state index contributed by atoms with van der Waals surface area (Å²) in [7, 11) is 1.61. The van der Waals surface area contributed by atoms with E-state index in [1.54, 1.807) is 14.0 Å². The molecule has 1 heterocycles. The predicted molar refractivity (Wildman–Crippen MR) is 84.7 cm³/mol. The Labute approximate surface area is 141 Å². The van der Waals surface area contributed by atoms with Crippen molar-refractivity contribution < 1.29 is 31.0 Å². The molecule has 0 amide bonds. The molecule has 2 rings (SSSR count). The van der Waals surface area contributed by atoms with Crippen LogP contribution < -0.4 is 9.47 Å². The van der Waals surface area contributed by atoms with Crippen LogP contribution in [0.15, 0.2) is 0 Å². The van der Waals surface area contributed by atoms with E-state index in [2.05, 4.69) is 4.18 Å². The van der Waals surface area contributed by atoms with Gasteiger partial charge in [-0.25, -0.2) is 4.21 Å². The lowest BCUT2D eigenvalue weighted by molar-refractivity contribution is -0.0530. The van der Waals surface area contributed by atoms with Crippen molar-refractivity contribution in [1.29, 1.82) is 0 Å². The molecule has 0 N–H and O–H groups in total. The molecule has 0 aromatic heterocycles. The third-order valence-electron chi connectivity index (χ3n) is 4.43. The summed E-state index contributed by atoms with van der Waals surface area (Å²) in [5.74, 6) is 1.45. The number of benzene rings is 1. The van der Waals surface area contributed by atoms with E-state index in [-0.39, 0.29) is 0 Å². The van der Waals surface area contributed by atoms with Gasteiger partial charge in [-0.2, -0.15) is 13.2 Å². The molecule has 2 unspecified atom stereocenters. The lowest BCUT2D eigenvalue weighted by atomic mass is 9.87. The van der Waals surface area contributed by atoms with E-state index in [0.717, 1.165) is 28.0 Å². The van der Waals surface area contributed by atoms with Crippen molar-refractivity contribution >= 4 is 11.1 Å². The predicted octanol–water partition coefficient (Wildman–Crippen LogP) is 3.90. The largest absolute Gasteiger partial charge is 0.497 e. The molecule has 8 heteroatoms. The van der Waals surface area contributed by atoms with Crippen LogP contribution in [-0.4, -0.2) is 29.0 Å². The third-order valence-corrected chi connectivity index (χ3v) is 5.14. The van der Waals surface area contributed by atoms with Crippen LogP contribution in [0.5, 0.6) is 11.5 Å². The second-order valence-corrected chi connectivity index (χ2v) is 7.38. The first-order valence-corrected chi connectivity index (χ1v) is 8.55. The first kappa shape index (κ1) is 19.1. The number of hydrogen-bond donors (Lipinski definition) is 0. The molecular weight excluding hydrogens is 345 g/mol. The van der Waals surface area contributed by atoms with E-state index >= 15 is 0 Å². The zero-order valence-electron chi connectivity index (χ0n) is 14.3. The highest BCUT2D eigenvalue weighted by atomic mass is 32.2.